The maximum Gasteiger partial charge on any atom is 0.0931 e. The normalized spacial score (nSPS) is 15.4. The molecule has 0 bridgehead atoms. The predicted molar refractivity (Wildman–Crippen MR) is 71.2 cm³/mol. The van der Waals surface area contributed by atoms with Gasteiger partial charge in [0.15, 0.2) is 0 Å². The van der Waals surface area contributed by atoms with Gasteiger partial charge in [-0.2, -0.15) is 0 Å². The van der Waals surface area contributed by atoms with Crippen molar-refractivity contribution in [1.29, 1.82) is 0 Å². The minimum Gasteiger partial charge on any atom is -0.395 e. The number of hydrogen-bond donors (Lipinski definition) is 2. The molecule has 4 heteroatoms. The van der Waals surface area contributed by atoms with Crippen LogP contribution in [0, 0.1) is 5.92 Å². The summed E-state index contributed by atoms with van der Waals surface area (Å²) in [6.45, 7) is 6.61. The van der Waals surface area contributed by atoms with Crippen molar-refractivity contribution in [2.45, 2.75) is 39.3 Å². The number of thiophene rings is 1. The molecule has 1 aromatic rings. The minimum atomic E-state index is 0.163. The van der Waals surface area contributed by atoms with Crippen molar-refractivity contribution in [2.24, 2.45) is 5.92 Å². The van der Waals surface area contributed by atoms with Gasteiger partial charge < -0.3 is 10.4 Å². The second-order valence-corrected chi connectivity index (χ2v) is 6.29. The van der Waals surface area contributed by atoms with Crippen LogP contribution in [-0.2, 0) is 0 Å². The Bertz CT molecular complexity index is 314. The van der Waals surface area contributed by atoms with Gasteiger partial charge in [-0.15, -0.1) is 11.3 Å². The van der Waals surface area contributed by atoms with Crippen LogP contribution in [0.5, 0.6) is 0 Å². The fourth-order valence-corrected chi connectivity index (χ4v) is 2.83. The van der Waals surface area contributed by atoms with Gasteiger partial charge in [-0.25, -0.2) is 0 Å². The average molecular weight is 262 g/mol. The summed E-state index contributed by atoms with van der Waals surface area (Å²) in [7, 11) is 0. The Labute approximate surface area is 107 Å². The molecule has 2 unspecified atom stereocenters. The van der Waals surface area contributed by atoms with E-state index in [0.29, 0.717) is 5.92 Å². The smallest absolute Gasteiger partial charge is 0.0931 e. The van der Waals surface area contributed by atoms with E-state index in [0.717, 1.165) is 10.8 Å². The van der Waals surface area contributed by atoms with Gasteiger partial charge in [0.05, 0.1) is 10.9 Å². The summed E-state index contributed by atoms with van der Waals surface area (Å²) in [6.07, 6.45) is 0.986. The van der Waals surface area contributed by atoms with Crippen LogP contribution in [0.1, 0.15) is 38.1 Å². The lowest BCUT2D eigenvalue weighted by molar-refractivity contribution is 0.216. The molecule has 0 aliphatic heterocycles. The van der Waals surface area contributed by atoms with Crippen molar-refractivity contribution in [3.8, 4) is 0 Å². The molecule has 0 aromatic carbocycles. The zero-order valence-corrected chi connectivity index (χ0v) is 11.6. The van der Waals surface area contributed by atoms with E-state index < -0.39 is 0 Å². The SMILES string of the molecule is CC(C)CC(CO)NC(C)c1ccc(Cl)s1. The summed E-state index contributed by atoms with van der Waals surface area (Å²) in [5, 5.41) is 12.7. The van der Waals surface area contributed by atoms with Gasteiger partial charge in [0.25, 0.3) is 0 Å². The van der Waals surface area contributed by atoms with Gasteiger partial charge >= 0.3 is 0 Å². The molecular weight excluding hydrogens is 242 g/mol. The molecule has 2 nitrogen and oxygen atoms in total. The van der Waals surface area contributed by atoms with Gasteiger partial charge in [0.1, 0.15) is 0 Å². The standard InChI is InChI=1S/C12H20ClNOS/c1-8(2)6-10(7-15)14-9(3)11-4-5-12(13)16-11/h4-5,8-10,14-15H,6-7H2,1-3H3. The zero-order valence-electron chi connectivity index (χ0n) is 10.0. The monoisotopic (exact) mass is 261 g/mol. The summed E-state index contributed by atoms with van der Waals surface area (Å²) in [5.74, 6) is 0.587. The number of rotatable bonds is 6. The Hall–Kier alpha value is -0.0900. The van der Waals surface area contributed by atoms with Crippen LogP contribution in [0.25, 0.3) is 0 Å². The molecule has 1 rings (SSSR count). The van der Waals surface area contributed by atoms with E-state index in [2.05, 4.69) is 26.1 Å². The zero-order chi connectivity index (χ0) is 12.1. The fourth-order valence-electron chi connectivity index (χ4n) is 1.76. The van der Waals surface area contributed by atoms with Crippen molar-refractivity contribution in [1.82, 2.24) is 5.32 Å². The highest BCUT2D eigenvalue weighted by molar-refractivity contribution is 7.16. The van der Waals surface area contributed by atoms with Gasteiger partial charge in [-0.1, -0.05) is 25.4 Å². The highest BCUT2D eigenvalue weighted by Crippen LogP contribution is 2.27. The summed E-state index contributed by atoms with van der Waals surface area (Å²) < 4.78 is 0.813. The molecule has 0 radical (unpaired) electrons. The van der Waals surface area contributed by atoms with Crippen LogP contribution in [0.4, 0.5) is 0 Å². The molecular formula is C12H20ClNOS. The van der Waals surface area contributed by atoms with E-state index in [1.54, 1.807) is 11.3 Å². The Morgan fingerprint density at radius 1 is 1.38 bits per heavy atom. The van der Waals surface area contributed by atoms with Gasteiger partial charge in [-0.3, -0.25) is 0 Å². The van der Waals surface area contributed by atoms with Gasteiger partial charge in [0, 0.05) is 17.0 Å². The Morgan fingerprint density at radius 3 is 2.50 bits per heavy atom. The van der Waals surface area contributed by atoms with Crippen molar-refractivity contribution in [2.75, 3.05) is 6.61 Å². The van der Waals surface area contributed by atoms with E-state index in [1.165, 1.54) is 4.88 Å². The largest absolute Gasteiger partial charge is 0.395 e. The topological polar surface area (TPSA) is 32.3 Å². The van der Waals surface area contributed by atoms with Crippen LogP contribution >= 0.6 is 22.9 Å². The lowest BCUT2D eigenvalue weighted by Crippen LogP contribution is -2.35. The molecule has 0 fully saturated rings. The maximum atomic E-state index is 9.29. The first-order chi connectivity index (χ1) is 7.52. The quantitative estimate of drug-likeness (QED) is 0.822. The molecule has 0 saturated heterocycles. The number of aliphatic hydroxyl groups excluding tert-OH is 1. The molecule has 0 saturated carbocycles. The lowest BCUT2D eigenvalue weighted by atomic mass is 10.0. The molecule has 16 heavy (non-hydrogen) atoms. The third kappa shape index (κ3) is 4.42. The van der Waals surface area contributed by atoms with Gasteiger partial charge in [-0.05, 0) is 31.4 Å². The lowest BCUT2D eigenvalue weighted by Gasteiger charge is -2.22. The third-order valence-corrected chi connectivity index (χ3v) is 3.90. The first-order valence-electron chi connectivity index (χ1n) is 5.65. The molecule has 1 heterocycles. The van der Waals surface area contributed by atoms with Crippen LogP contribution < -0.4 is 5.32 Å². The molecule has 0 spiro atoms. The summed E-state index contributed by atoms with van der Waals surface area (Å²) in [6, 6.07) is 4.36. The number of hydrogen-bond acceptors (Lipinski definition) is 3. The first-order valence-corrected chi connectivity index (χ1v) is 6.84. The van der Waals surface area contributed by atoms with Crippen LogP contribution in [0.3, 0.4) is 0 Å². The summed E-state index contributed by atoms with van der Waals surface area (Å²) in [5.41, 5.74) is 0. The Kier molecular flexibility index (Phi) is 5.76. The number of nitrogens with one attached hydrogen (secondary N) is 1. The van der Waals surface area contributed by atoms with E-state index in [9.17, 15) is 5.11 Å². The Balaban J connectivity index is 2.51. The summed E-state index contributed by atoms with van der Waals surface area (Å²) >= 11 is 7.49. The van der Waals surface area contributed by atoms with E-state index in [1.807, 2.05) is 12.1 Å². The predicted octanol–water partition coefficient (Wildman–Crippen LogP) is 3.46. The van der Waals surface area contributed by atoms with Crippen molar-refractivity contribution in [3.05, 3.63) is 21.3 Å². The van der Waals surface area contributed by atoms with Crippen LogP contribution in [0.2, 0.25) is 4.34 Å². The van der Waals surface area contributed by atoms with Gasteiger partial charge in [0.2, 0.25) is 0 Å². The van der Waals surface area contributed by atoms with Crippen LogP contribution in [0.15, 0.2) is 12.1 Å². The third-order valence-electron chi connectivity index (χ3n) is 2.48. The molecule has 0 aliphatic rings. The van der Waals surface area contributed by atoms with Crippen molar-refractivity contribution >= 4 is 22.9 Å². The molecule has 2 atom stereocenters. The summed E-state index contributed by atoms with van der Waals surface area (Å²) in [4.78, 5) is 1.22. The van der Waals surface area contributed by atoms with E-state index >= 15 is 0 Å². The maximum absolute atomic E-state index is 9.29. The molecule has 0 aliphatic carbocycles. The molecule has 92 valence electrons. The highest BCUT2D eigenvalue weighted by atomic mass is 35.5. The van der Waals surface area contributed by atoms with Crippen molar-refractivity contribution < 1.29 is 5.11 Å². The fraction of sp³-hybridized carbons (Fsp3) is 0.667. The minimum absolute atomic E-state index is 0.163. The van der Waals surface area contributed by atoms with Crippen molar-refractivity contribution in [3.63, 3.8) is 0 Å². The van der Waals surface area contributed by atoms with E-state index in [-0.39, 0.29) is 18.7 Å². The van der Waals surface area contributed by atoms with E-state index in [4.69, 9.17) is 11.6 Å². The highest BCUT2D eigenvalue weighted by Gasteiger charge is 2.15. The first kappa shape index (κ1) is 14.0. The van der Waals surface area contributed by atoms with Crippen LogP contribution in [-0.4, -0.2) is 17.8 Å². The second-order valence-electron chi connectivity index (χ2n) is 4.54. The molecule has 2 N–H and O–H groups in total. The average Bonchev–Trinajstić information content (AvgIpc) is 2.63. The number of aliphatic hydroxyl groups is 1. The second kappa shape index (κ2) is 6.60. The molecule has 0 amide bonds. The Morgan fingerprint density at radius 2 is 2.06 bits per heavy atom. The molecule has 1 aromatic heterocycles. The number of halogens is 1.